The number of nitrogens with one attached hydrogen (secondary N) is 1. The summed E-state index contributed by atoms with van der Waals surface area (Å²) in [5.74, 6) is -1.46. The highest BCUT2D eigenvalue weighted by molar-refractivity contribution is 7.92. The second-order valence-corrected chi connectivity index (χ2v) is 9.87. The summed E-state index contributed by atoms with van der Waals surface area (Å²) in [7, 11) is -3.61. The van der Waals surface area contributed by atoms with Crippen molar-refractivity contribution in [2.45, 2.75) is 10.1 Å². The molecule has 0 aliphatic carbocycles. The fourth-order valence-electron chi connectivity index (χ4n) is 2.69. The lowest BCUT2D eigenvalue weighted by Gasteiger charge is -2.23. The standard InChI is InChI=1S/C19H15ClF2N2O3S2/c1-29(26,27)24-18-10-12(8-9-23-18)19(16-11-14(21)4-7-17(16)22)28(25)15-5-2-13(20)3-6-15/h2-11,19H,1H3,(H,23,24). The van der Waals surface area contributed by atoms with E-state index in [9.17, 15) is 21.8 Å². The number of hydrogen-bond acceptors (Lipinski definition) is 4. The number of hydrogen-bond donors (Lipinski definition) is 1. The maximum absolute atomic E-state index is 14.6. The zero-order valence-corrected chi connectivity index (χ0v) is 17.4. The molecule has 0 spiro atoms. The number of rotatable bonds is 6. The van der Waals surface area contributed by atoms with E-state index in [1.807, 2.05) is 0 Å². The van der Waals surface area contributed by atoms with Gasteiger partial charge in [0, 0.05) is 22.3 Å². The molecule has 0 aliphatic rings. The van der Waals surface area contributed by atoms with Crippen molar-refractivity contribution in [3.8, 4) is 0 Å². The van der Waals surface area contributed by atoms with Gasteiger partial charge in [-0.25, -0.2) is 22.2 Å². The van der Waals surface area contributed by atoms with Crippen molar-refractivity contribution in [2.75, 3.05) is 11.0 Å². The molecule has 1 heterocycles. The Morgan fingerprint density at radius 3 is 2.45 bits per heavy atom. The number of halogens is 3. The van der Waals surface area contributed by atoms with E-state index < -0.39 is 38.1 Å². The Morgan fingerprint density at radius 1 is 1.10 bits per heavy atom. The number of sulfonamides is 1. The van der Waals surface area contributed by atoms with Crippen molar-refractivity contribution >= 4 is 38.6 Å². The van der Waals surface area contributed by atoms with Gasteiger partial charge in [0.15, 0.2) is 10.1 Å². The van der Waals surface area contributed by atoms with Crippen LogP contribution in [0.15, 0.2) is 65.7 Å². The molecule has 10 heteroatoms. The number of aromatic nitrogens is 1. The Morgan fingerprint density at radius 2 is 1.79 bits per heavy atom. The molecule has 5 nitrogen and oxygen atoms in total. The quantitative estimate of drug-likeness (QED) is 0.561. The second kappa shape index (κ2) is 8.66. The van der Waals surface area contributed by atoms with Crippen LogP contribution in [0.1, 0.15) is 16.4 Å². The van der Waals surface area contributed by atoms with Crippen LogP contribution in [0.2, 0.25) is 5.02 Å². The Bertz CT molecular complexity index is 1130. The predicted molar refractivity (Wildman–Crippen MR) is 109 cm³/mol. The molecule has 0 bridgehead atoms. The van der Waals surface area contributed by atoms with Crippen LogP contribution in [0.5, 0.6) is 0 Å². The third-order valence-electron chi connectivity index (χ3n) is 3.88. The Balaban J connectivity index is 2.14. The second-order valence-electron chi connectivity index (χ2n) is 6.15. The van der Waals surface area contributed by atoms with Crippen LogP contribution in [-0.2, 0) is 21.2 Å². The van der Waals surface area contributed by atoms with E-state index in [1.54, 1.807) is 0 Å². The summed E-state index contributed by atoms with van der Waals surface area (Å²) >= 11 is 4.02. The third kappa shape index (κ3) is 5.45. The average molecular weight is 457 g/mol. The number of nitrogens with zero attached hydrogens (tertiary/aromatic N) is 1. The maximum atomic E-state index is 14.6. The molecule has 1 N–H and O–H groups in total. The van der Waals surface area contributed by atoms with Gasteiger partial charge in [0.25, 0.3) is 0 Å². The molecule has 3 aromatic rings. The highest BCUT2D eigenvalue weighted by atomic mass is 35.5. The molecule has 3 rings (SSSR count). The van der Waals surface area contributed by atoms with Crippen LogP contribution < -0.4 is 4.72 Å². The Labute approximate surface area is 175 Å². The van der Waals surface area contributed by atoms with Gasteiger partial charge in [-0.15, -0.1) is 0 Å². The van der Waals surface area contributed by atoms with Gasteiger partial charge in [0.2, 0.25) is 10.0 Å². The van der Waals surface area contributed by atoms with E-state index >= 15 is 0 Å². The van der Waals surface area contributed by atoms with Crippen molar-refractivity contribution in [3.63, 3.8) is 0 Å². The number of pyridine rings is 1. The SMILES string of the molecule is CS(=O)(=O)Nc1cc(C(c2cc(F)ccc2F)[S+]([O-])c2ccc(Cl)cc2)ccn1. The lowest BCUT2D eigenvalue weighted by Crippen LogP contribution is -2.18. The van der Waals surface area contributed by atoms with E-state index in [4.69, 9.17) is 11.6 Å². The lowest BCUT2D eigenvalue weighted by atomic mass is 10.0. The first kappa shape index (κ1) is 21.5. The molecule has 0 aliphatic heterocycles. The summed E-state index contributed by atoms with van der Waals surface area (Å²) in [6, 6.07) is 11.8. The van der Waals surface area contributed by atoms with Crippen molar-refractivity contribution in [3.05, 3.63) is 88.6 Å². The summed E-state index contributed by atoms with van der Waals surface area (Å²) in [4.78, 5) is 4.25. The van der Waals surface area contributed by atoms with Crippen LogP contribution >= 0.6 is 11.6 Å². The molecular weight excluding hydrogens is 442 g/mol. The molecule has 0 amide bonds. The smallest absolute Gasteiger partial charge is 0.230 e. The summed E-state index contributed by atoms with van der Waals surface area (Å²) in [5.41, 5.74) is 0.165. The van der Waals surface area contributed by atoms with Crippen molar-refractivity contribution < 1.29 is 21.8 Å². The summed E-state index contributed by atoms with van der Waals surface area (Å²) in [6.07, 6.45) is 2.25. The molecule has 2 unspecified atom stereocenters. The van der Waals surface area contributed by atoms with Gasteiger partial charge in [-0.1, -0.05) is 11.6 Å². The van der Waals surface area contributed by atoms with Crippen LogP contribution in [0, 0.1) is 11.6 Å². The molecule has 2 atom stereocenters. The fraction of sp³-hybridized carbons (Fsp3) is 0.105. The van der Waals surface area contributed by atoms with Gasteiger partial charge in [0.1, 0.15) is 17.5 Å². The van der Waals surface area contributed by atoms with Crippen LogP contribution in [0.25, 0.3) is 0 Å². The minimum absolute atomic E-state index is 0.0279. The van der Waals surface area contributed by atoms with E-state index in [0.29, 0.717) is 15.5 Å². The third-order valence-corrected chi connectivity index (χ3v) is 6.40. The highest BCUT2D eigenvalue weighted by Gasteiger charge is 2.32. The van der Waals surface area contributed by atoms with Crippen LogP contribution in [0.3, 0.4) is 0 Å². The van der Waals surface area contributed by atoms with Crippen molar-refractivity contribution in [2.24, 2.45) is 0 Å². The lowest BCUT2D eigenvalue weighted by molar-refractivity contribution is 0.569. The van der Waals surface area contributed by atoms with Crippen molar-refractivity contribution in [1.29, 1.82) is 0 Å². The van der Waals surface area contributed by atoms with E-state index in [1.165, 1.54) is 42.6 Å². The minimum Gasteiger partial charge on any atom is -0.611 e. The monoisotopic (exact) mass is 456 g/mol. The first-order chi connectivity index (χ1) is 13.6. The van der Waals surface area contributed by atoms with Gasteiger partial charge >= 0.3 is 0 Å². The zero-order valence-electron chi connectivity index (χ0n) is 15.0. The van der Waals surface area contributed by atoms with Gasteiger partial charge < -0.3 is 4.55 Å². The molecule has 2 aromatic carbocycles. The topological polar surface area (TPSA) is 82.1 Å². The van der Waals surface area contributed by atoms with Crippen molar-refractivity contribution in [1.82, 2.24) is 4.98 Å². The molecule has 1 aromatic heterocycles. The highest BCUT2D eigenvalue weighted by Crippen LogP contribution is 2.37. The van der Waals surface area contributed by atoms with Gasteiger partial charge in [-0.2, -0.15) is 0 Å². The largest absolute Gasteiger partial charge is 0.611 e. The molecular formula is C19H15ClF2N2O3S2. The van der Waals surface area contributed by atoms with Gasteiger partial charge in [-0.05, 0) is 65.8 Å². The molecule has 0 fully saturated rings. The number of anilines is 1. The first-order valence-electron chi connectivity index (χ1n) is 8.19. The number of benzene rings is 2. The summed E-state index contributed by atoms with van der Waals surface area (Å²) < 4.78 is 67.0. The first-order valence-corrected chi connectivity index (χ1v) is 11.7. The minimum atomic E-state index is -3.61. The normalized spacial score (nSPS) is 13.7. The molecule has 152 valence electrons. The molecule has 0 saturated heterocycles. The van der Waals surface area contributed by atoms with Gasteiger partial charge in [0.05, 0.1) is 6.26 Å². The zero-order chi connectivity index (χ0) is 21.2. The van der Waals surface area contributed by atoms with Gasteiger partial charge in [-0.3, -0.25) is 4.72 Å². The average Bonchev–Trinajstić information content (AvgIpc) is 2.64. The van der Waals surface area contributed by atoms with E-state index in [2.05, 4.69) is 9.71 Å². The molecule has 0 saturated carbocycles. The summed E-state index contributed by atoms with van der Waals surface area (Å²) in [5, 5.41) is -0.683. The van der Waals surface area contributed by atoms with Crippen LogP contribution in [0.4, 0.5) is 14.6 Å². The van der Waals surface area contributed by atoms with E-state index in [0.717, 1.165) is 24.5 Å². The maximum Gasteiger partial charge on any atom is 0.230 e. The molecule has 29 heavy (non-hydrogen) atoms. The Kier molecular flexibility index (Phi) is 6.42. The Hall–Kier alpha value is -2.20. The van der Waals surface area contributed by atoms with E-state index in [-0.39, 0.29) is 11.4 Å². The fourth-order valence-corrected chi connectivity index (χ4v) is 4.79. The predicted octanol–water partition coefficient (Wildman–Crippen LogP) is 4.28. The van der Waals surface area contributed by atoms with Crippen LogP contribution in [-0.4, -0.2) is 24.2 Å². The molecule has 0 radical (unpaired) electrons. The summed E-state index contributed by atoms with van der Waals surface area (Å²) in [6.45, 7) is 0.